The maximum atomic E-state index is 11.8. The zero-order valence-electron chi connectivity index (χ0n) is 9.70. The Bertz CT molecular complexity index is 507. The third-order valence-electron chi connectivity index (χ3n) is 2.28. The number of aryl methyl sites for hydroxylation is 1. The van der Waals surface area contributed by atoms with Crippen LogP contribution in [0.4, 0.5) is 10.5 Å². The van der Waals surface area contributed by atoms with Gasteiger partial charge in [-0.25, -0.2) is 4.79 Å². The molecule has 0 N–H and O–H groups in total. The van der Waals surface area contributed by atoms with E-state index in [1.165, 1.54) is 4.90 Å². The summed E-state index contributed by atoms with van der Waals surface area (Å²) in [5, 5.41) is 3.88. The Morgan fingerprint density at radius 1 is 1.35 bits per heavy atom. The Balaban J connectivity index is 2.06. The highest BCUT2D eigenvalue weighted by atomic mass is 16.7. The topological polar surface area (TPSA) is 47.4 Å². The smallest absolute Gasteiger partial charge is 0.299 e. The number of anilines is 1. The summed E-state index contributed by atoms with van der Waals surface area (Å²) in [6.45, 7) is 1.87. The molecule has 2 aromatic rings. The highest BCUT2D eigenvalue weighted by molar-refractivity contribution is 5.86. The molecule has 0 spiro atoms. The Labute approximate surface area is 99.2 Å². The van der Waals surface area contributed by atoms with Gasteiger partial charge in [-0.2, -0.15) is 0 Å². The fourth-order valence-corrected chi connectivity index (χ4v) is 1.34. The summed E-state index contributed by atoms with van der Waals surface area (Å²) < 4.78 is 0. The normalized spacial score (nSPS) is 10.0. The van der Waals surface area contributed by atoms with Gasteiger partial charge in [-0.3, -0.25) is 9.74 Å². The van der Waals surface area contributed by atoms with Gasteiger partial charge in [0.25, 0.3) is 0 Å². The molecule has 0 atom stereocenters. The van der Waals surface area contributed by atoms with E-state index in [4.69, 9.17) is 4.84 Å². The third kappa shape index (κ3) is 2.63. The number of benzene rings is 1. The van der Waals surface area contributed by atoms with Gasteiger partial charge in [-0.1, -0.05) is 23.0 Å². The molecule has 0 aliphatic carbocycles. The number of para-hydroxylation sites is 1. The van der Waals surface area contributed by atoms with Crippen LogP contribution >= 0.6 is 0 Å². The number of hydrogen-bond donors (Lipinski definition) is 0. The van der Waals surface area contributed by atoms with E-state index in [1.54, 1.807) is 19.4 Å². The molecule has 2 rings (SSSR count). The van der Waals surface area contributed by atoms with E-state index in [-0.39, 0.29) is 0 Å². The molecule has 0 fully saturated rings. The first kappa shape index (κ1) is 11.2. The lowest BCUT2D eigenvalue weighted by atomic mass is 10.3. The van der Waals surface area contributed by atoms with Crippen molar-refractivity contribution in [2.75, 3.05) is 11.9 Å². The van der Waals surface area contributed by atoms with Crippen LogP contribution in [-0.2, 0) is 0 Å². The molecule has 0 saturated carbocycles. The van der Waals surface area contributed by atoms with Crippen LogP contribution in [0.3, 0.4) is 0 Å². The lowest BCUT2D eigenvalue weighted by Gasteiger charge is -2.15. The van der Waals surface area contributed by atoms with Gasteiger partial charge in [0, 0.05) is 12.7 Å². The largest absolute Gasteiger partial charge is 0.440 e. The van der Waals surface area contributed by atoms with Crippen molar-refractivity contribution < 1.29 is 9.63 Å². The lowest BCUT2D eigenvalue weighted by Crippen LogP contribution is -2.34. The van der Waals surface area contributed by atoms with Crippen molar-refractivity contribution in [2.45, 2.75) is 6.92 Å². The van der Waals surface area contributed by atoms with Crippen LogP contribution in [0.25, 0.3) is 0 Å². The fourth-order valence-electron chi connectivity index (χ4n) is 1.34. The van der Waals surface area contributed by atoms with Crippen molar-refractivity contribution in [3.63, 3.8) is 0 Å². The number of hydrogen-bond acceptors (Lipinski definition) is 3. The zero-order valence-corrected chi connectivity index (χ0v) is 9.70. The summed E-state index contributed by atoms with van der Waals surface area (Å²) in [6.07, 6.45) is 2.77. The second kappa shape index (κ2) is 4.69. The van der Waals surface area contributed by atoms with Crippen LogP contribution < -0.4 is 9.74 Å². The third-order valence-corrected chi connectivity index (χ3v) is 2.28. The number of aromatic nitrogens is 2. The van der Waals surface area contributed by atoms with Crippen molar-refractivity contribution in [1.29, 1.82) is 0 Å². The van der Waals surface area contributed by atoms with E-state index in [0.717, 1.165) is 16.1 Å². The number of carbonyl (C=O) groups is 1. The quantitative estimate of drug-likeness (QED) is 0.792. The Morgan fingerprint density at radius 2 is 2.06 bits per heavy atom. The van der Waals surface area contributed by atoms with Crippen LogP contribution in [-0.4, -0.2) is 23.1 Å². The van der Waals surface area contributed by atoms with E-state index in [0.29, 0.717) is 0 Å². The summed E-state index contributed by atoms with van der Waals surface area (Å²) in [6, 6.07) is 9.26. The molecule has 1 aromatic carbocycles. The minimum atomic E-state index is -0.487. The molecule has 5 heteroatoms. The second-order valence-electron chi connectivity index (χ2n) is 3.67. The van der Waals surface area contributed by atoms with Crippen molar-refractivity contribution in [3.05, 3.63) is 48.3 Å². The molecular weight excluding hydrogens is 218 g/mol. The average Bonchev–Trinajstić information content (AvgIpc) is 2.75. The van der Waals surface area contributed by atoms with Crippen LogP contribution in [0.1, 0.15) is 5.56 Å². The lowest BCUT2D eigenvalue weighted by molar-refractivity contribution is 0.124. The van der Waals surface area contributed by atoms with Gasteiger partial charge in [0.05, 0.1) is 12.4 Å². The Morgan fingerprint density at radius 3 is 2.65 bits per heavy atom. The maximum Gasteiger partial charge on any atom is 0.440 e. The molecule has 88 valence electrons. The monoisotopic (exact) mass is 231 g/mol. The van der Waals surface area contributed by atoms with Crippen molar-refractivity contribution >= 4 is 11.8 Å². The Kier molecular flexibility index (Phi) is 3.09. The highest BCUT2D eigenvalue weighted by Crippen LogP contribution is 2.11. The van der Waals surface area contributed by atoms with Crippen molar-refractivity contribution in [2.24, 2.45) is 0 Å². The van der Waals surface area contributed by atoms with E-state index in [9.17, 15) is 4.79 Å². The first-order valence-electron chi connectivity index (χ1n) is 5.19. The molecule has 0 saturated heterocycles. The highest BCUT2D eigenvalue weighted by Gasteiger charge is 2.13. The SMILES string of the molecule is Cc1cnn(OC(=O)N(C)c2ccccc2)c1. The Hall–Kier alpha value is -2.30. The molecule has 0 radical (unpaired) electrons. The van der Waals surface area contributed by atoms with Crippen LogP contribution in [0.5, 0.6) is 0 Å². The van der Waals surface area contributed by atoms with Gasteiger partial charge in [0.2, 0.25) is 0 Å². The fraction of sp³-hybridized carbons (Fsp3) is 0.167. The second-order valence-corrected chi connectivity index (χ2v) is 3.67. The van der Waals surface area contributed by atoms with Gasteiger partial charge >= 0.3 is 6.09 Å². The summed E-state index contributed by atoms with van der Waals surface area (Å²) in [5.74, 6) is 0. The van der Waals surface area contributed by atoms with Gasteiger partial charge in [-0.15, -0.1) is 5.10 Å². The number of amides is 1. The number of carbonyl (C=O) groups excluding carboxylic acids is 1. The van der Waals surface area contributed by atoms with E-state index in [1.807, 2.05) is 37.3 Å². The molecular formula is C12H13N3O2. The number of rotatable bonds is 2. The van der Waals surface area contributed by atoms with Crippen LogP contribution in [0.2, 0.25) is 0 Å². The zero-order chi connectivity index (χ0) is 12.3. The van der Waals surface area contributed by atoms with E-state index >= 15 is 0 Å². The molecule has 0 unspecified atom stereocenters. The predicted molar refractivity (Wildman–Crippen MR) is 63.8 cm³/mol. The van der Waals surface area contributed by atoms with Crippen molar-refractivity contribution in [3.8, 4) is 0 Å². The summed E-state index contributed by atoms with van der Waals surface area (Å²) >= 11 is 0. The van der Waals surface area contributed by atoms with Gasteiger partial charge in [0.1, 0.15) is 0 Å². The summed E-state index contributed by atoms with van der Waals surface area (Å²) in [4.78, 5) is 19.4. The molecule has 0 aliphatic heterocycles. The first-order valence-corrected chi connectivity index (χ1v) is 5.19. The van der Waals surface area contributed by atoms with Crippen LogP contribution in [0.15, 0.2) is 42.7 Å². The molecule has 1 aromatic heterocycles. The summed E-state index contributed by atoms with van der Waals surface area (Å²) in [7, 11) is 1.65. The minimum Gasteiger partial charge on any atom is -0.299 e. The molecule has 5 nitrogen and oxygen atoms in total. The van der Waals surface area contributed by atoms with Gasteiger partial charge < -0.3 is 0 Å². The van der Waals surface area contributed by atoms with Crippen molar-refractivity contribution in [1.82, 2.24) is 9.94 Å². The van der Waals surface area contributed by atoms with E-state index < -0.39 is 6.09 Å². The average molecular weight is 231 g/mol. The minimum absolute atomic E-state index is 0.487. The molecule has 1 heterocycles. The van der Waals surface area contributed by atoms with Gasteiger partial charge in [0.15, 0.2) is 0 Å². The predicted octanol–water partition coefficient (Wildman–Crippen LogP) is 1.88. The molecule has 0 aliphatic rings. The van der Waals surface area contributed by atoms with Gasteiger partial charge in [-0.05, 0) is 24.6 Å². The van der Waals surface area contributed by atoms with E-state index in [2.05, 4.69) is 5.10 Å². The van der Waals surface area contributed by atoms with Crippen LogP contribution in [0, 0.1) is 6.92 Å². The molecule has 17 heavy (non-hydrogen) atoms. The first-order chi connectivity index (χ1) is 8.16. The summed E-state index contributed by atoms with van der Waals surface area (Å²) in [5.41, 5.74) is 1.70. The molecule has 1 amide bonds. The molecule has 0 bridgehead atoms. The number of nitrogens with zero attached hydrogens (tertiary/aromatic N) is 3. The maximum absolute atomic E-state index is 11.8. The standard InChI is InChI=1S/C12H13N3O2/c1-10-8-13-15(9-10)17-12(16)14(2)11-6-4-3-5-7-11/h3-9H,1-2H3.